The van der Waals surface area contributed by atoms with E-state index in [2.05, 4.69) is 0 Å². The molecule has 8 N–H and O–H groups in total. The molecule has 0 unspecified atom stereocenters. The molecule has 0 heterocycles. The summed E-state index contributed by atoms with van der Waals surface area (Å²) >= 11 is -5.72. The molecule has 0 saturated carbocycles. The number of hydrogen-bond acceptors (Lipinski definition) is 6. The third-order valence-corrected chi connectivity index (χ3v) is 0. The van der Waals surface area contributed by atoms with Crippen molar-refractivity contribution < 1.29 is 26.6 Å². The van der Waals surface area contributed by atoms with Gasteiger partial charge in [0.25, 0.3) is 11.4 Å². The predicted molar refractivity (Wildman–Crippen MR) is 38.9 cm³/mol. The van der Waals surface area contributed by atoms with Crippen molar-refractivity contribution in [3.05, 3.63) is 0 Å². The van der Waals surface area contributed by atoms with Gasteiger partial charge in [-0.2, -0.15) is 4.21 Å². The second-order valence-corrected chi connectivity index (χ2v) is 1.30. The van der Waals surface area contributed by atoms with E-state index >= 15 is 0 Å². The van der Waals surface area contributed by atoms with Gasteiger partial charge in [0.05, 0.1) is 0 Å². The molecule has 0 aliphatic heterocycles. The molecule has 0 bridgehead atoms. The van der Waals surface area contributed by atoms with E-state index in [4.69, 9.17) is 26.6 Å². The molecule has 0 amide bonds. The fourth-order valence-corrected chi connectivity index (χ4v) is 0. The molecule has 0 atom stereocenters. The minimum absolute atomic E-state index is 0. The van der Waals surface area contributed by atoms with Crippen LogP contribution in [0.3, 0.4) is 0 Å². The van der Waals surface area contributed by atoms with Crippen LogP contribution in [0.1, 0.15) is 0 Å². The monoisotopic (exact) mass is 220 g/mol. The van der Waals surface area contributed by atoms with E-state index in [1.807, 2.05) is 0 Å². The molecule has 0 aromatic carbocycles. The van der Waals surface area contributed by atoms with Crippen molar-refractivity contribution in [1.29, 1.82) is 0 Å². The third kappa shape index (κ3) is 1240. The van der Waals surface area contributed by atoms with Crippen molar-refractivity contribution in [2.24, 2.45) is 0 Å². The van der Waals surface area contributed by atoms with Crippen molar-refractivity contribution in [2.45, 2.75) is 0 Å². The number of rotatable bonds is 0. The Labute approximate surface area is 84.7 Å². The maximum absolute atomic E-state index is 8.67. The van der Waals surface area contributed by atoms with Crippen molar-refractivity contribution in [3.8, 4) is 0 Å². The second-order valence-electron chi connectivity index (χ2n) is 0.435. The van der Waals surface area contributed by atoms with Crippen molar-refractivity contribution >= 4 is 45.8 Å². The van der Waals surface area contributed by atoms with Crippen LogP contribution in [0.15, 0.2) is 0 Å². The van der Waals surface area contributed by atoms with Gasteiger partial charge in [-0.1, -0.05) is 0 Å². The van der Waals surface area contributed by atoms with E-state index in [9.17, 15) is 0 Å². The number of hydrogen-bond donors (Lipinski definition) is 4. The van der Waals surface area contributed by atoms with Crippen LogP contribution in [0.5, 0.6) is 0 Å². The summed E-state index contributed by atoms with van der Waals surface area (Å²) in [5.41, 5.74) is 0. The molecular formula is H8MgN2O6S2. The SMILES string of the molecule is N.N.O=S(O)O.O=S([O-])[O-].[Mg+2]. The van der Waals surface area contributed by atoms with E-state index in [0.29, 0.717) is 0 Å². The summed E-state index contributed by atoms with van der Waals surface area (Å²) in [6, 6.07) is 0. The predicted octanol–water partition coefficient (Wildman–Crippen LogP) is -1.38. The van der Waals surface area contributed by atoms with Crippen molar-refractivity contribution in [1.82, 2.24) is 12.3 Å². The Morgan fingerprint density at radius 2 is 1.00 bits per heavy atom. The van der Waals surface area contributed by atoms with E-state index < -0.39 is 22.7 Å². The molecule has 0 aliphatic rings. The molecule has 0 aliphatic carbocycles. The molecule has 11 heteroatoms. The van der Waals surface area contributed by atoms with Gasteiger partial charge < -0.3 is 21.4 Å². The van der Waals surface area contributed by atoms with Gasteiger partial charge in [0, 0.05) is 0 Å². The third-order valence-electron chi connectivity index (χ3n) is 0. The summed E-state index contributed by atoms with van der Waals surface area (Å²) in [7, 11) is 0. The summed E-state index contributed by atoms with van der Waals surface area (Å²) in [5, 5.41) is 0. The summed E-state index contributed by atoms with van der Waals surface area (Å²) in [6.07, 6.45) is 0. The Bertz CT molecular complexity index is 76.6. The minimum atomic E-state index is -3.11. The largest absolute Gasteiger partial charge is 2.00 e. The van der Waals surface area contributed by atoms with Crippen LogP contribution < -0.4 is 12.3 Å². The van der Waals surface area contributed by atoms with Crippen LogP contribution in [-0.4, -0.2) is 49.7 Å². The Kier molecular flexibility index (Phi) is 60.7. The minimum Gasteiger partial charge on any atom is -0.784 e. The van der Waals surface area contributed by atoms with Crippen LogP contribution >= 0.6 is 0 Å². The van der Waals surface area contributed by atoms with Crippen LogP contribution in [0.2, 0.25) is 0 Å². The Hall–Kier alpha value is 0.826. The topological polar surface area (TPSA) is 191 Å². The molecule has 8 nitrogen and oxygen atoms in total. The van der Waals surface area contributed by atoms with Gasteiger partial charge in [0.15, 0.2) is 0 Å². The average Bonchev–Trinajstić information content (AvgIpc) is 1.25. The van der Waals surface area contributed by atoms with Gasteiger partial charge in [-0.3, -0.25) is 13.3 Å². The fraction of sp³-hybridized carbons (Fsp3) is 0. The molecule has 0 saturated heterocycles. The zero-order valence-electron chi connectivity index (χ0n) is 5.47. The Morgan fingerprint density at radius 3 is 1.00 bits per heavy atom. The molecule has 0 aromatic heterocycles. The van der Waals surface area contributed by atoms with E-state index in [1.54, 1.807) is 0 Å². The van der Waals surface area contributed by atoms with Crippen molar-refractivity contribution in [3.63, 3.8) is 0 Å². The molecule has 0 spiro atoms. The first-order valence-electron chi connectivity index (χ1n) is 1.03. The summed E-state index contributed by atoms with van der Waals surface area (Å²) in [4.78, 5) is 0. The fourth-order valence-electron chi connectivity index (χ4n) is 0. The molecule has 0 aromatic rings. The van der Waals surface area contributed by atoms with Gasteiger partial charge >= 0.3 is 23.1 Å². The molecule has 0 radical (unpaired) electrons. The summed E-state index contributed by atoms with van der Waals surface area (Å²) in [5.74, 6) is 0. The van der Waals surface area contributed by atoms with E-state index in [1.165, 1.54) is 0 Å². The standard InChI is InChI=1S/Mg.2H3N.2H2O3S/c;;;2*1-4(2)3/h;2*1H3;2*(H2,1,2,3)/q+2;;;;/p-2. The first-order chi connectivity index (χ1) is 3.46. The maximum atomic E-state index is 8.67. The van der Waals surface area contributed by atoms with Gasteiger partial charge in [0.2, 0.25) is 0 Å². The summed E-state index contributed by atoms with van der Waals surface area (Å²) < 4.78 is 48.2. The van der Waals surface area contributed by atoms with Gasteiger partial charge in [-0.25, -0.2) is 0 Å². The average molecular weight is 221 g/mol. The van der Waals surface area contributed by atoms with Gasteiger partial charge in [-0.05, 0) is 0 Å². The quantitative estimate of drug-likeness (QED) is 0.283. The summed E-state index contributed by atoms with van der Waals surface area (Å²) in [6.45, 7) is 0. The molecule has 0 rings (SSSR count). The zero-order valence-corrected chi connectivity index (χ0v) is 8.51. The maximum Gasteiger partial charge on any atom is 2.00 e. The van der Waals surface area contributed by atoms with Gasteiger partial charge in [0.1, 0.15) is 0 Å². The molecular weight excluding hydrogens is 212 g/mol. The smallest absolute Gasteiger partial charge is 0.784 e. The van der Waals surface area contributed by atoms with E-state index in [-0.39, 0.29) is 35.4 Å². The molecule has 68 valence electrons. The Morgan fingerprint density at radius 1 is 1.00 bits per heavy atom. The zero-order chi connectivity index (χ0) is 7.15. The van der Waals surface area contributed by atoms with E-state index in [0.717, 1.165) is 0 Å². The van der Waals surface area contributed by atoms with Gasteiger partial charge in [-0.15, -0.1) is 11.4 Å². The van der Waals surface area contributed by atoms with Crippen LogP contribution in [0.4, 0.5) is 0 Å². The van der Waals surface area contributed by atoms with Crippen LogP contribution in [0.25, 0.3) is 0 Å². The second kappa shape index (κ2) is 22.4. The van der Waals surface area contributed by atoms with Crippen LogP contribution in [0, 0.1) is 0 Å². The first kappa shape index (κ1) is 29.7. The normalized spacial score (nSPS) is 6.36. The molecule has 0 fully saturated rings. The first-order valence-corrected chi connectivity index (χ1v) is 3.10. The Balaban J connectivity index is -0.0000000171. The molecule has 11 heavy (non-hydrogen) atoms. The van der Waals surface area contributed by atoms with Crippen LogP contribution in [-0.2, 0) is 22.7 Å². The van der Waals surface area contributed by atoms with Crippen molar-refractivity contribution in [2.75, 3.05) is 0 Å².